The molecule has 2 aromatic rings. The summed E-state index contributed by atoms with van der Waals surface area (Å²) in [6.07, 6.45) is 2.16. The first-order chi connectivity index (χ1) is 10.1. The van der Waals surface area contributed by atoms with Crippen molar-refractivity contribution in [3.63, 3.8) is 0 Å². The van der Waals surface area contributed by atoms with Crippen molar-refractivity contribution in [1.82, 2.24) is 10.2 Å². The summed E-state index contributed by atoms with van der Waals surface area (Å²) in [5.41, 5.74) is 1.21. The number of likely N-dealkylation sites (tertiary alicyclic amines) is 1. The van der Waals surface area contributed by atoms with Crippen molar-refractivity contribution in [3.05, 3.63) is 36.1 Å². The van der Waals surface area contributed by atoms with E-state index in [-0.39, 0.29) is 11.9 Å². The minimum atomic E-state index is -0.939. The Balaban J connectivity index is 1.74. The molecule has 2 N–H and O–H groups in total. The lowest BCUT2D eigenvalue weighted by atomic mass is 10.0. The predicted molar refractivity (Wildman–Crippen MR) is 76.3 cm³/mol. The molecule has 110 valence electrons. The fraction of sp³-hybridized carbons (Fsp3) is 0.333. The lowest BCUT2D eigenvalue weighted by Gasteiger charge is -2.31. The summed E-state index contributed by atoms with van der Waals surface area (Å²) in [5, 5.41) is 12.7. The lowest BCUT2D eigenvalue weighted by molar-refractivity contribution is 0.0890. The number of carbonyl (C=O) groups is 2. The Morgan fingerprint density at radius 1 is 1.33 bits per heavy atom. The maximum absolute atomic E-state index is 12.4. The smallest absolute Gasteiger partial charge is 0.407 e. The summed E-state index contributed by atoms with van der Waals surface area (Å²) in [6, 6.07) is 6.92. The molecular weight excluding hydrogens is 272 g/mol. The van der Waals surface area contributed by atoms with Gasteiger partial charge >= 0.3 is 6.09 Å². The Morgan fingerprint density at radius 2 is 2.19 bits per heavy atom. The summed E-state index contributed by atoms with van der Waals surface area (Å²) < 4.78 is 5.28. The highest BCUT2D eigenvalue weighted by Crippen LogP contribution is 2.20. The summed E-state index contributed by atoms with van der Waals surface area (Å²) in [7, 11) is 0. The summed E-state index contributed by atoms with van der Waals surface area (Å²) in [6.45, 7) is 0.863. The molecule has 1 atom stereocenters. The third-order valence-corrected chi connectivity index (χ3v) is 3.77. The summed E-state index contributed by atoms with van der Waals surface area (Å²) in [4.78, 5) is 24.7. The van der Waals surface area contributed by atoms with Gasteiger partial charge in [0.05, 0.1) is 11.8 Å². The van der Waals surface area contributed by atoms with Gasteiger partial charge in [0.15, 0.2) is 0 Å². The molecule has 0 bridgehead atoms. The van der Waals surface area contributed by atoms with E-state index < -0.39 is 6.09 Å². The Hall–Kier alpha value is -2.50. The largest absolute Gasteiger partial charge is 0.465 e. The Morgan fingerprint density at radius 3 is 3.00 bits per heavy atom. The minimum absolute atomic E-state index is 0.149. The first kappa shape index (κ1) is 13.5. The van der Waals surface area contributed by atoms with Crippen molar-refractivity contribution in [2.45, 2.75) is 18.9 Å². The van der Waals surface area contributed by atoms with Crippen LogP contribution in [0.3, 0.4) is 0 Å². The molecule has 3 rings (SSSR count). The van der Waals surface area contributed by atoms with Crippen molar-refractivity contribution in [2.24, 2.45) is 0 Å². The van der Waals surface area contributed by atoms with E-state index in [9.17, 15) is 9.59 Å². The van der Waals surface area contributed by atoms with Gasteiger partial charge in [-0.2, -0.15) is 0 Å². The molecule has 1 saturated heterocycles. The monoisotopic (exact) mass is 288 g/mol. The zero-order chi connectivity index (χ0) is 14.8. The second-order valence-corrected chi connectivity index (χ2v) is 5.18. The topological polar surface area (TPSA) is 82.8 Å². The Bertz CT molecular complexity index is 679. The van der Waals surface area contributed by atoms with Gasteiger partial charge in [-0.3, -0.25) is 4.79 Å². The Labute approximate surface area is 121 Å². The van der Waals surface area contributed by atoms with E-state index >= 15 is 0 Å². The van der Waals surface area contributed by atoms with Gasteiger partial charge < -0.3 is 19.7 Å². The van der Waals surface area contributed by atoms with Crippen LogP contribution in [0.1, 0.15) is 23.2 Å². The van der Waals surface area contributed by atoms with Gasteiger partial charge in [-0.25, -0.2) is 4.79 Å². The second kappa shape index (κ2) is 5.47. The summed E-state index contributed by atoms with van der Waals surface area (Å²) >= 11 is 0. The normalized spacial score (nSPS) is 18.7. The first-order valence-electron chi connectivity index (χ1n) is 6.90. The van der Waals surface area contributed by atoms with Crippen LogP contribution in [-0.2, 0) is 0 Å². The number of carboxylic acid groups (broad SMARTS) is 1. The van der Waals surface area contributed by atoms with Crippen LogP contribution >= 0.6 is 0 Å². The highest BCUT2D eigenvalue weighted by atomic mass is 16.4. The maximum Gasteiger partial charge on any atom is 0.407 e. The molecule has 1 aromatic heterocycles. The molecule has 2 heterocycles. The van der Waals surface area contributed by atoms with Gasteiger partial charge in [-0.05, 0) is 31.0 Å². The van der Waals surface area contributed by atoms with Crippen molar-refractivity contribution >= 4 is 23.0 Å². The van der Waals surface area contributed by atoms with E-state index in [1.165, 1.54) is 4.90 Å². The van der Waals surface area contributed by atoms with Crippen molar-refractivity contribution in [2.75, 3.05) is 13.1 Å². The quantitative estimate of drug-likeness (QED) is 0.888. The number of nitrogens with one attached hydrogen (secondary N) is 1. The molecule has 1 aromatic carbocycles. The highest BCUT2D eigenvalue weighted by Gasteiger charge is 2.25. The summed E-state index contributed by atoms with van der Waals surface area (Å²) in [5.74, 6) is -0.195. The van der Waals surface area contributed by atoms with E-state index in [2.05, 4.69) is 5.32 Å². The van der Waals surface area contributed by atoms with Crippen LogP contribution in [0.2, 0.25) is 0 Å². The number of furan rings is 1. The number of hydrogen-bond acceptors (Lipinski definition) is 3. The number of amides is 2. The minimum Gasteiger partial charge on any atom is -0.465 e. The molecule has 0 saturated carbocycles. The van der Waals surface area contributed by atoms with Crippen LogP contribution in [0.5, 0.6) is 0 Å². The third kappa shape index (κ3) is 2.69. The van der Waals surface area contributed by atoms with Crippen LogP contribution in [0, 0.1) is 0 Å². The molecule has 6 heteroatoms. The van der Waals surface area contributed by atoms with Crippen molar-refractivity contribution in [1.29, 1.82) is 0 Å². The number of nitrogens with zero attached hydrogens (tertiary/aromatic N) is 1. The first-order valence-corrected chi connectivity index (χ1v) is 6.90. The standard InChI is InChI=1S/C15H16N2O4/c18-14(12-4-1-5-13-11(12)6-8-21-13)16-10-3-2-7-17(9-10)15(19)20/h1,4-6,8,10H,2-3,7,9H2,(H,16,18)(H,19,20)/t10-/m1/s1. The van der Waals surface area contributed by atoms with Crippen LogP contribution in [0.15, 0.2) is 34.9 Å². The second-order valence-electron chi connectivity index (χ2n) is 5.18. The molecule has 1 aliphatic heterocycles. The number of benzene rings is 1. The molecule has 1 aliphatic rings. The van der Waals surface area contributed by atoms with Crippen LogP contribution in [0.25, 0.3) is 11.0 Å². The molecule has 0 aliphatic carbocycles. The molecule has 0 spiro atoms. The maximum atomic E-state index is 12.4. The van der Waals surface area contributed by atoms with Crippen molar-refractivity contribution < 1.29 is 19.1 Å². The van der Waals surface area contributed by atoms with Gasteiger partial charge in [0.2, 0.25) is 0 Å². The van der Waals surface area contributed by atoms with E-state index in [1.807, 2.05) is 0 Å². The third-order valence-electron chi connectivity index (χ3n) is 3.77. The van der Waals surface area contributed by atoms with E-state index in [4.69, 9.17) is 9.52 Å². The fourth-order valence-corrected chi connectivity index (χ4v) is 2.72. The molecule has 21 heavy (non-hydrogen) atoms. The van der Waals surface area contributed by atoms with Gasteiger partial charge in [-0.1, -0.05) is 6.07 Å². The van der Waals surface area contributed by atoms with Gasteiger partial charge in [0.25, 0.3) is 5.91 Å². The molecular formula is C15H16N2O4. The van der Waals surface area contributed by atoms with Crippen molar-refractivity contribution in [3.8, 4) is 0 Å². The average Bonchev–Trinajstić information content (AvgIpc) is 2.95. The molecule has 6 nitrogen and oxygen atoms in total. The molecule has 1 fully saturated rings. The molecule has 0 radical (unpaired) electrons. The fourth-order valence-electron chi connectivity index (χ4n) is 2.72. The number of fused-ring (bicyclic) bond motifs is 1. The number of piperidine rings is 1. The van der Waals surface area contributed by atoms with Crippen LogP contribution in [-0.4, -0.2) is 41.1 Å². The zero-order valence-corrected chi connectivity index (χ0v) is 11.4. The van der Waals surface area contributed by atoms with Gasteiger partial charge in [0.1, 0.15) is 5.58 Å². The SMILES string of the molecule is O=C(N[C@@H]1CCCN(C(=O)O)C1)c1cccc2occc12. The number of rotatable bonds is 2. The van der Waals surface area contributed by atoms with E-state index in [0.717, 1.165) is 18.2 Å². The van der Waals surface area contributed by atoms with Crippen LogP contribution < -0.4 is 5.32 Å². The predicted octanol–water partition coefficient (Wildman–Crippen LogP) is 2.30. The lowest BCUT2D eigenvalue weighted by Crippen LogP contribution is -2.49. The van der Waals surface area contributed by atoms with Gasteiger partial charge in [0, 0.05) is 24.5 Å². The zero-order valence-electron chi connectivity index (χ0n) is 11.4. The highest BCUT2D eigenvalue weighted by molar-refractivity contribution is 6.06. The molecule has 2 amide bonds. The average molecular weight is 288 g/mol. The Kier molecular flexibility index (Phi) is 3.51. The van der Waals surface area contributed by atoms with Gasteiger partial charge in [-0.15, -0.1) is 0 Å². The number of hydrogen-bond donors (Lipinski definition) is 2. The van der Waals surface area contributed by atoms with E-state index in [1.54, 1.807) is 30.5 Å². The molecule has 0 unspecified atom stereocenters. The number of carbonyl (C=O) groups excluding carboxylic acids is 1. The van der Waals surface area contributed by atoms with E-state index in [0.29, 0.717) is 24.2 Å². The van der Waals surface area contributed by atoms with Crippen LogP contribution in [0.4, 0.5) is 4.79 Å².